The molecule has 2 aromatic heterocycles. The topological polar surface area (TPSA) is 80.1 Å². The van der Waals surface area contributed by atoms with Gasteiger partial charge in [0.15, 0.2) is 0 Å². The second-order valence-electron chi connectivity index (χ2n) is 6.10. The summed E-state index contributed by atoms with van der Waals surface area (Å²) in [6, 6.07) is 2.31. The van der Waals surface area contributed by atoms with Crippen molar-refractivity contribution >= 4 is 15.7 Å². The van der Waals surface area contributed by atoms with Gasteiger partial charge in [-0.15, -0.1) is 0 Å². The van der Waals surface area contributed by atoms with Gasteiger partial charge in [0.05, 0.1) is 6.20 Å². The molecule has 1 aliphatic heterocycles. The van der Waals surface area contributed by atoms with E-state index in [0.717, 1.165) is 12.3 Å². The second-order valence-corrected chi connectivity index (χ2v) is 8.04. The van der Waals surface area contributed by atoms with Crippen LogP contribution in [-0.4, -0.2) is 46.6 Å². The van der Waals surface area contributed by atoms with Gasteiger partial charge in [-0.05, 0) is 25.0 Å². The third kappa shape index (κ3) is 3.98. The van der Waals surface area contributed by atoms with Gasteiger partial charge in [0.2, 0.25) is 10.0 Å². The average molecular weight is 389 g/mol. The van der Waals surface area contributed by atoms with Gasteiger partial charge in [-0.3, -0.25) is 9.67 Å². The molecule has 11 heteroatoms. The molecule has 1 saturated heterocycles. The molecule has 3 rings (SSSR count). The fourth-order valence-corrected chi connectivity index (χ4v) is 4.29. The highest BCUT2D eigenvalue weighted by molar-refractivity contribution is 7.89. The number of hydrogen-bond donors (Lipinski definition) is 1. The van der Waals surface area contributed by atoms with Crippen molar-refractivity contribution < 1.29 is 21.6 Å². The molecule has 26 heavy (non-hydrogen) atoms. The van der Waals surface area contributed by atoms with E-state index in [1.807, 2.05) is 0 Å². The molecule has 0 radical (unpaired) electrons. The van der Waals surface area contributed by atoms with Crippen LogP contribution in [0.2, 0.25) is 0 Å². The fraction of sp³-hybridized carbons (Fsp3) is 0.467. The quantitative estimate of drug-likeness (QED) is 0.866. The summed E-state index contributed by atoms with van der Waals surface area (Å²) in [6.45, 7) is 0.568. The molecule has 1 aliphatic rings. The van der Waals surface area contributed by atoms with Gasteiger partial charge in [0, 0.05) is 44.3 Å². The highest BCUT2D eigenvalue weighted by atomic mass is 32.2. The van der Waals surface area contributed by atoms with Crippen LogP contribution in [0.1, 0.15) is 18.5 Å². The van der Waals surface area contributed by atoms with Crippen molar-refractivity contribution in [2.45, 2.75) is 30.0 Å². The number of pyridine rings is 1. The Labute approximate surface area is 148 Å². The largest absolute Gasteiger partial charge is 0.433 e. The Hall–Kier alpha value is -2.14. The lowest BCUT2D eigenvalue weighted by atomic mass is 10.1. The first-order valence-corrected chi connectivity index (χ1v) is 9.39. The van der Waals surface area contributed by atoms with E-state index in [1.54, 1.807) is 7.05 Å². The van der Waals surface area contributed by atoms with Crippen LogP contribution < -0.4 is 5.32 Å². The predicted octanol–water partition coefficient (Wildman–Crippen LogP) is 2.10. The third-order valence-electron chi connectivity index (χ3n) is 4.19. The summed E-state index contributed by atoms with van der Waals surface area (Å²) in [5.74, 6) is 0. The van der Waals surface area contributed by atoms with Crippen LogP contribution >= 0.6 is 0 Å². The zero-order chi connectivity index (χ0) is 18.9. The van der Waals surface area contributed by atoms with E-state index in [-0.39, 0.29) is 24.0 Å². The Morgan fingerprint density at radius 2 is 1.96 bits per heavy atom. The van der Waals surface area contributed by atoms with Crippen LogP contribution in [-0.2, 0) is 23.2 Å². The highest BCUT2D eigenvalue weighted by Gasteiger charge is 2.33. The van der Waals surface area contributed by atoms with Crippen LogP contribution in [0.3, 0.4) is 0 Å². The first kappa shape index (κ1) is 18.6. The molecule has 0 spiro atoms. The minimum Gasteiger partial charge on any atom is -0.382 e. The summed E-state index contributed by atoms with van der Waals surface area (Å²) in [5.41, 5.74) is -0.639. The summed E-state index contributed by atoms with van der Waals surface area (Å²) in [7, 11) is -1.96. The molecule has 0 unspecified atom stereocenters. The number of rotatable bonds is 4. The predicted molar refractivity (Wildman–Crippen MR) is 87.9 cm³/mol. The molecule has 3 heterocycles. The van der Waals surface area contributed by atoms with Crippen molar-refractivity contribution in [1.29, 1.82) is 0 Å². The first-order valence-electron chi connectivity index (χ1n) is 7.95. The average Bonchev–Trinajstić information content (AvgIpc) is 3.02. The molecule has 1 fully saturated rings. The van der Waals surface area contributed by atoms with E-state index >= 15 is 0 Å². The Morgan fingerprint density at radius 1 is 1.27 bits per heavy atom. The molecule has 0 amide bonds. The van der Waals surface area contributed by atoms with Crippen molar-refractivity contribution in [1.82, 2.24) is 19.1 Å². The number of halogens is 3. The fourth-order valence-electron chi connectivity index (χ4n) is 2.83. The van der Waals surface area contributed by atoms with Gasteiger partial charge in [-0.25, -0.2) is 8.42 Å². The van der Waals surface area contributed by atoms with Gasteiger partial charge >= 0.3 is 6.18 Å². The Morgan fingerprint density at radius 3 is 2.54 bits per heavy atom. The van der Waals surface area contributed by atoms with Gasteiger partial charge in [0.1, 0.15) is 10.6 Å². The lowest BCUT2D eigenvalue weighted by Crippen LogP contribution is -2.42. The lowest BCUT2D eigenvalue weighted by molar-refractivity contribution is -0.141. The maximum Gasteiger partial charge on any atom is 0.433 e. The standard InChI is InChI=1S/C15H18F3N5O2S/c1-22-10-13(9-20-22)26(24,25)23-6-3-11(4-7-23)21-12-2-5-19-14(8-12)15(16,17)18/h2,5,8-11H,3-4,6-7H2,1H3,(H,19,21). The van der Waals surface area contributed by atoms with Crippen molar-refractivity contribution in [3.05, 3.63) is 36.4 Å². The number of hydrogen-bond acceptors (Lipinski definition) is 5. The first-order chi connectivity index (χ1) is 12.2. The monoisotopic (exact) mass is 389 g/mol. The third-order valence-corrected chi connectivity index (χ3v) is 6.05. The molecular formula is C15H18F3N5O2S. The highest BCUT2D eigenvalue weighted by Crippen LogP contribution is 2.29. The number of nitrogens with zero attached hydrogens (tertiary/aromatic N) is 4. The van der Waals surface area contributed by atoms with E-state index in [9.17, 15) is 21.6 Å². The minimum absolute atomic E-state index is 0.112. The van der Waals surface area contributed by atoms with Crippen LogP contribution in [0.25, 0.3) is 0 Å². The second kappa shape index (κ2) is 6.88. The van der Waals surface area contributed by atoms with Crippen molar-refractivity contribution in [2.24, 2.45) is 7.05 Å². The zero-order valence-corrected chi connectivity index (χ0v) is 14.8. The van der Waals surface area contributed by atoms with Crippen LogP contribution in [0.15, 0.2) is 35.6 Å². The number of nitrogens with one attached hydrogen (secondary N) is 1. The summed E-state index contributed by atoms with van der Waals surface area (Å²) in [4.78, 5) is 3.46. The number of anilines is 1. The molecule has 1 N–H and O–H groups in total. The van der Waals surface area contributed by atoms with Crippen LogP contribution in [0.5, 0.6) is 0 Å². The molecule has 0 aromatic carbocycles. The normalized spacial score (nSPS) is 17.4. The van der Waals surface area contributed by atoms with E-state index in [2.05, 4.69) is 15.4 Å². The van der Waals surface area contributed by atoms with Crippen molar-refractivity contribution in [3.8, 4) is 0 Å². The Balaban J connectivity index is 1.62. The number of aryl methyl sites for hydroxylation is 1. The maximum absolute atomic E-state index is 12.7. The minimum atomic E-state index is -4.50. The number of aromatic nitrogens is 3. The molecule has 0 saturated carbocycles. The maximum atomic E-state index is 12.7. The molecular weight excluding hydrogens is 371 g/mol. The summed E-state index contributed by atoms with van der Waals surface area (Å²) in [5, 5.41) is 6.91. The Kier molecular flexibility index (Phi) is 4.93. The van der Waals surface area contributed by atoms with Crippen molar-refractivity contribution in [3.63, 3.8) is 0 Å². The van der Waals surface area contributed by atoms with Gasteiger partial charge in [0.25, 0.3) is 0 Å². The smallest absolute Gasteiger partial charge is 0.382 e. The number of piperidine rings is 1. The van der Waals surface area contributed by atoms with E-state index < -0.39 is 21.9 Å². The molecule has 0 bridgehead atoms. The summed E-state index contributed by atoms with van der Waals surface area (Å²) >= 11 is 0. The van der Waals surface area contributed by atoms with Crippen molar-refractivity contribution in [2.75, 3.05) is 18.4 Å². The lowest BCUT2D eigenvalue weighted by Gasteiger charge is -2.31. The zero-order valence-electron chi connectivity index (χ0n) is 13.9. The van der Waals surface area contributed by atoms with Gasteiger partial charge in [-0.2, -0.15) is 22.6 Å². The molecule has 2 aromatic rings. The van der Waals surface area contributed by atoms with E-state index in [1.165, 1.54) is 27.4 Å². The van der Waals surface area contributed by atoms with Crippen LogP contribution in [0.4, 0.5) is 18.9 Å². The van der Waals surface area contributed by atoms with Crippen LogP contribution in [0, 0.1) is 0 Å². The molecule has 7 nitrogen and oxygen atoms in total. The summed E-state index contributed by atoms with van der Waals surface area (Å²) < 4.78 is 66.0. The van der Waals surface area contributed by atoms with Gasteiger partial charge in [-0.1, -0.05) is 0 Å². The molecule has 0 atom stereocenters. The van der Waals surface area contributed by atoms with E-state index in [4.69, 9.17) is 0 Å². The molecule has 0 aliphatic carbocycles. The number of sulfonamides is 1. The summed E-state index contributed by atoms with van der Waals surface area (Å²) in [6.07, 6.45) is 0.322. The Bertz CT molecular complexity index is 873. The number of alkyl halides is 3. The van der Waals surface area contributed by atoms with Gasteiger partial charge < -0.3 is 5.32 Å². The SMILES string of the molecule is Cn1cc(S(=O)(=O)N2CCC(Nc3ccnc(C(F)(F)F)c3)CC2)cn1. The van der Waals surface area contributed by atoms with E-state index in [0.29, 0.717) is 18.5 Å². The molecule has 142 valence electrons.